The Morgan fingerprint density at radius 2 is 2.20 bits per heavy atom. The van der Waals surface area contributed by atoms with E-state index in [2.05, 4.69) is 30.9 Å². The number of halogens is 1. The third-order valence-electron chi connectivity index (χ3n) is 2.60. The van der Waals surface area contributed by atoms with E-state index in [9.17, 15) is 0 Å². The van der Waals surface area contributed by atoms with Gasteiger partial charge >= 0.3 is 0 Å². The fourth-order valence-corrected chi connectivity index (χ4v) is 2.06. The van der Waals surface area contributed by atoms with Gasteiger partial charge < -0.3 is 4.98 Å². The van der Waals surface area contributed by atoms with Gasteiger partial charge in [-0.2, -0.15) is 0 Å². The maximum atomic E-state index is 4.36. The van der Waals surface area contributed by atoms with Crippen LogP contribution >= 0.6 is 15.9 Å². The van der Waals surface area contributed by atoms with Crippen molar-refractivity contribution < 1.29 is 0 Å². The van der Waals surface area contributed by atoms with E-state index >= 15 is 0 Å². The smallest absolute Gasteiger partial charge is 0.157 e. The molecule has 1 aliphatic rings. The zero-order valence-electron chi connectivity index (χ0n) is 8.07. The number of aromatic amines is 1. The normalized spacial score (nSPS) is 15.5. The molecule has 1 saturated carbocycles. The molecule has 2 aromatic heterocycles. The molecule has 0 amide bonds. The Morgan fingerprint density at radius 1 is 1.33 bits per heavy atom. The summed E-state index contributed by atoms with van der Waals surface area (Å²) in [5.41, 5.74) is 2.12. The summed E-state index contributed by atoms with van der Waals surface area (Å²) in [7, 11) is 0. The average molecular weight is 264 g/mol. The Kier molecular flexibility index (Phi) is 2.09. The number of hydrogen-bond donors (Lipinski definition) is 1. The summed E-state index contributed by atoms with van der Waals surface area (Å²) in [5.74, 6) is 1.55. The number of H-pyrrole nitrogens is 1. The van der Waals surface area contributed by atoms with Crippen LogP contribution in [0.2, 0.25) is 0 Å². The molecule has 0 saturated heterocycles. The lowest BCUT2D eigenvalue weighted by molar-refractivity contribution is 1.05. The Morgan fingerprint density at radius 3 is 2.93 bits per heavy atom. The molecule has 15 heavy (non-hydrogen) atoms. The number of imidazole rings is 1. The van der Waals surface area contributed by atoms with Crippen molar-refractivity contribution in [3.05, 3.63) is 34.7 Å². The van der Waals surface area contributed by atoms with Crippen LogP contribution in [0.4, 0.5) is 0 Å². The molecule has 1 N–H and O–H groups in total. The Bertz CT molecular complexity index is 488. The molecule has 0 radical (unpaired) electrons. The first-order valence-electron chi connectivity index (χ1n) is 5.00. The summed E-state index contributed by atoms with van der Waals surface area (Å²) in [6, 6.07) is 3.87. The van der Waals surface area contributed by atoms with E-state index < -0.39 is 0 Å². The summed E-state index contributed by atoms with van der Waals surface area (Å²) in [6.45, 7) is 0. The van der Waals surface area contributed by atoms with Crippen LogP contribution in [0.15, 0.2) is 29.0 Å². The minimum Gasteiger partial charge on any atom is -0.340 e. The number of nitrogens with one attached hydrogen (secondary N) is 1. The molecule has 1 aliphatic carbocycles. The van der Waals surface area contributed by atoms with Gasteiger partial charge in [0.05, 0.1) is 0 Å². The van der Waals surface area contributed by atoms with Crippen LogP contribution < -0.4 is 0 Å². The monoisotopic (exact) mass is 263 g/mol. The number of rotatable bonds is 2. The van der Waals surface area contributed by atoms with E-state index in [0.29, 0.717) is 5.92 Å². The molecule has 76 valence electrons. The van der Waals surface area contributed by atoms with Crippen LogP contribution in [0, 0.1) is 0 Å². The molecule has 0 atom stereocenters. The average Bonchev–Trinajstić information content (AvgIpc) is 2.99. The van der Waals surface area contributed by atoms with E-state index in [-0.39, 0.29) is 0 Å². The standard InChI is InChI=1S/C11H10BrN3/c12-8-2-1-5-13-10(8)11-14-6-9(15-11)7-3-4-7/h1-2,5-7H,3-4H2,(H,14,15). The van der Waals surface area contributed by atoms with Crippen LogP contribution in [-0.2, 0) is 0 Å². The van der Waals surface area contributed by atoms with Gasteiger partial charge in [0, 0.05) is 28.5 Å². The van der Waals surface area contributed by atoms with Crippen molar-refractivity contribution in [2.24, 2.45) is 0 Å². The number of hydrogen-bond acceptors (Lipinski definition) is 2. The van der Waals surface area contributed by atoms with Crippen molar-refractivity contribution in [2.45, 2.75) is 18.8 Å². The first kappa shape index (κ1) is 9.09. The summed E-state index contributed by atoms with van der Waals surface area (Å²) >= 11 is 3.47. The first-order valence-corrected chi connectivity index (χ1v) is 5.79. The van der Waals surface area contributed by atoms with E-state index in [1.165, 1.54) is 18.5 Å². The van der Waals surface area contributed by atoms with Gasteiger partial charge in [0.2, 0.25) is 0 Å². The number of nitrogens with zero attached hydrogens (tertiary/aromatic N) is 2. The van der Waals surface area contributed by atoms with Gasteiger partial charge in [-0.25, -0.2) is 4.98 Å². The highest BCUT2D eigenvalue weighted by atomic mass is 79.9. The molecule has 0 aromatic carbocycles. The van der Waals surface area contributed by atoms with Crippen LogP contribution in [0.5, 0.6) is 0 Å². The second-order valence-electron chi connectivity index (χ2n) is 3.80. The quantitative estimate of drug-likeness (QED) is 0.905. The van der Waals surface area contributed by atoms with Crippen LogP contribution in [-0.4, -0.2) is 15.0 Å². The lowest BCUT2D eigenvalue weighted by atomic mass is 10.3. The van der Waals surface area contributed by atoms with E-state index in [1.807, 2.05) is 18.3 Å². The summed E-state index contributed by atoms with van der Waals surface area (Å²) in [4.78, 5) is 12.0. The van der Waals surface area contributed by atoms with Crippen molar-refractivity contribution in [2.75, 3.05) is 0 Å². The Labute approximate surface area is 96.1 Å². The predicted octanol–water partition coefficient (Wildman–Crippen LogP) is 3.11. The highest BCUT2D eigenvalue weighted by Gasteiger charge is 2.25. The maximum absolute atomic E-state index is 4.36. The Balaban J connectivity index is 2.01. The predicted molar refractivity (Wildman–Crippen MR) is 61.5 cm³/mol. The molecule has 2 aromatic rings. The largest absolute Gasteiger partial charge is 0.340 e. The van der Waals surface area contributed by atoms with Crippen molar-refractivity contribution >= 4 is 15.9 Å². The highest BCUT2D eigenvalue weighted by molar-refractivity contribution is 9.10. The zero-order valence-corrected chi connectivity index (χ0v) is 9.66. The van der Waals surface area contributed by atoms with Crippen molar-refractivity contribution in [3.63, 3.8) is 0 Å². The molecule has 1 fully saturated rings. The third kappa shape index (κ3) is 1.69. The molecule has 0 bridgehead atoms. The van der Waals surface area contributed by atoms with Gasteiger partial charge in [0.1, 0.15) is 5.69 Å². The summed E-state index contributed by atoms with van der Waals surface area (Å²) < 4.78 is 0.974. The molecule has 0 unspecified atom stereocenters. The van der Waals surface area contributed by atoms with Crippen LogP contribution in [0.25, 0.3) is 11.5 Å². The molecular weight excluding hydrogens is 254 g/mol. The van der Waals surface area contributed by atoms with Gasteiger partial charge in [0.25, 0.3) is 0 Å². The van der Waals surface area contributed by atoms with Gasteiger partial charge in [0.15, 0.2) is 5.82 Å². The maximum Gasteiger partial charge on any atom is 0.157 e. The van der Waals surface area contributed by atoms with Crippen molar-refractivity contribution in [3.8, 4) is 11.5 Å². The van der Waals surface area contributed by atoms with Crippen molar-refractivity contribution in [1.82, 2.24) is 15.0 Å². The fourth-order valence-electron chi connectivity index (χ4n) is 1.62. The number of pyridine rings is 1. The van der Waals surface area contributed by atoms with Crippen LogP contribution in [0.3, 0.4) is 0 Å². The summed E-state index contributed by atoms with van der Waals surface area (Å²) in [5, 5.41) is 0. The SMILES string of the molecule is Brc1cccnc1-c1ncc(C2CC2)[nH]1. The minimum absolute atomic E-state index is 0.703. The Hall–Kier alpha value is -1.16. The first-order chi connectivity index (χ1) is 7.34. The molecule has 3 nitrogen and oxygen atoms in total. The van der Waals surface area contributed by atoms with Gasteiger partial charge in [-0.3, -0.25) is 4.98 Å². The molecule has 3 rings (SSSR count). The van der Waals surface area contributed by atoms with Gasteiger partial charge in [-0.05, 0) is 40.9 Å². The lowest BCUT2D eigenvalue weighted by Gasteiger charge is -1.98. The molecular formula is C11H10BrN3. The third-order valence-corrected chi connectivity index (χ3v) is 3.24. The van der Waals surface area contributed by atoms with Gasteiger partial charge in [-0.1, -0.05) is 0 Å². The molecule has 4 heteroatoms. The molecule has 0 aliphatic heterocycles. The summed E-state index contributed by atoms with van der Waals surface area (Å²) in [6.07, 6.45) is 6.27. The van der Waals surface area contributed by atoms with Crippen molar-refractivity contribution in [1.29, 1.82) is 0 Å². The van der Waals surface area contributed by atoms with E-state index in [4.69, 9.17) is 0 Å². The molecule has 2 heterocycles. The topological polar surface area (TPSA) is 41.6 Å². The highest BCUT2D eigenvalue weighted by Crippen LogP contribution is 2.39. The number of aromatic nitrogens is 3. The second kappa shape index (κ2) is 3.45. The zero-order chi connectivity index (χ0) is 10.3. The molecule has 0 spiro atoms. The van der Waals surface area contributed by atoms with E-state index in [1.54, 1.807) is 6.20 Å². The lowest BCUT2D eigenvalue weighted by Crippen LogP contribution is -1.87. The minimum atomic E-state index is 0.703. The van der Waals surface area contributed by atoms with E-state index in [0.717, 1.165) is 16.0 Å². The second-order valence-corrected chi connectivity index (χ2v) is 4.65. The van der Waals surface area contributed by atoms with Gasteiger partial charge in [-0.15, -0.1) is 0 Å². The fraction of sp³-hybridized carbons (Fsp3) is 0.273. The van der Waals surface area contributed by atoms with Crippen LogP contribution in [0.1, 0.15) is 24.5 Å².